The highest BCUT2D eigenvalue weighted by Crippen LogP contribution is 2.39. The first-order valence-corrected chi connectivity index (χ1v) is 2.67. The van der Waals surface area contributed by atoms with E-state index in [4.69, 9.17) is 5.11 Å². The molecule has 0 unspecified atom stereocenters. The van der Waals surface area contributed by atoms with Gasteiger partial charge < -0.3 is 5.11 Å². The Balaban J connectivity index is 4.57. The quantitative estimate of drug-likeness (QED) is 0.544. The highest BCUT2D eigenvalue weighted by atomic mass is 79.9. The minimum absolute atomic E-state index is 1.38. The second-order valence-corrected chi connectivity index (χ2v) is 2.47. The van der Waals surface area contributed by atoms with Gasteiger partial charge in [-0.1, -0.05) is 0 Å². The molecule has 0 radical (unpaired) electrons. The van der Waals surface area contributed by atoms with Crippen LogP contribution >= 0.6 is 15.9 Å². The van der Waals surface area contributed by atoms with Gasteiger partial charge in [-0.25, -0.2) is 9.18 Å². The Hall–Kier alpha value is -0.330. The second-order valence-electron chi connectivity index (χ2n) is 1.38. The minimum atomic E-state index is -5.43. The summed E-state index contributed by atoms with van der Waals surface area (Å²) >= 11 is 1.38. The molecule has 1 N–H and O–H groups in total. The molecule has 7 heteroatoms. The number of carboxylic acids is 1. The third kappa shape index (κ3) is 1.59. The number of rotatable bonds is 1. The average Bonchev–Trinajstić information content (AvgIpc) is 1.62. The van der Waals surface area contributed by atoms with Crippen LogP contribution in [0.1, 0.15) is 0 Å². The van der Waals surface area contributed by atoms with Gasteiger partial charge in [0.1, 0.15) is 0 Å². The average molecular weight is 225 g/mol. The molecular weight excluding hydrogens is 224 g/mol. The maximum atomic E-state index is 11.9. The molecule has 0 aliphatic rings. The number of hydrogen-bond acceptors (Lipinski definition) is 1. The number of hydrogen-bond donors (Lipinski definition) is 1. The first kappa shape index (κ1) is 9.67. The van der Waals surface area contributed by atoms with Crippen molar-refractivity contribution in [3.63, 3.8) is 0 Å². The maximum Gasteiger partial charge on any atom is 0.444 e. The van der Waals surface area contributed by atoms with Crippen LogP contribution in [-0.4, -0.2) is 21.8 Å². The SMILES string of the molecule is O=C(O)[C@@](F)(Br)C(F)(F)F. The van der Waals surface area contributed by atoms with E-state index in [-0.39, 0.29) is 0 Å². The third-order valence-electron chi connectivity index (χ3n) is 0.625. The molecule has 0 saturated carbocycles. The molecule has 0 aliphatic heterocycles. The van der Waals surface area contributed by atoms with E-state index in [0.29, 0.717) is 0 Å². The molecule has 0 aromatic heterocycles. The van der Waals surface area contributed by atoms with Gasteiger partial charge in [0, 0.05) is 0 Å². The van der Waals surface area contributed by atoms with Gasteiger partial charge in [0.05, 0.1) is 0 Å². The first-order chi connectivity index (χ1) is 4.19. The van der Waals surface area contributed by atoms with Gasteiger partial charge in [-0.15, -0.1) is 0 Å². The van der Waals surface area contributed by atoms with E-state index in [0.717, 1.165) is 0 Å². The summed E-state index contributed by atoms with van der Waals surface area (Å²) in [6.07, 6.45) is -5.43. The zero-order valence-electron chi connectivity index (χ0n) is 4.25. The lowest BCUT2D eigenvalue weighted by Gasteiger charge is -2.15. The Morgan fingerprint density at radius 3 is 1.60 bits per heavy atom. The summed E-state index contributed by atoms with van der Waals surface area (Å²) in [4.78, 5) is 9.53. The van der Waals surface area contributed by atoms with Crippen molar-refractivity contribution in [3.8, 4) is 0 Å². The molecule has 0 fully saturated rings. The molecule has 0 saturated heterocycles. The normalized spacial score (nSPS) is 18.1. The third-order valence-corrected chi connectivity index (χ3v) is 1.41. The van der Waals surface area contributed by atoms with E-state index in [1.807, 2.05) is 0 Å². The monoisotopic (exact) mass is 224 g/mol. The lowest BCUT2D eigenvalue weighted by Crippen LogP contribution is -2.42. The molecule has 0 bridgehead atoms. The summed E-state index contributed by atoms with van der Waals surface area (Å²) in [6, 6.07) is 0. The van der Waals surface area contributed by atoms with E-state index in [1.54, 1.807) is 0 Å². The number of carboxylic acid groups (broad SMARTS) is 1. The van der Waals surface area contributed by atoms with Crippen molar-refractivity contribution in [2.75, 3.05) is 0 Å². The van der Waals surface area contributed by atoms with Crippen LogP contribution in [0.3, 0.4) is 0 Å². The van der Waals surface area contributed by atoms with Gasteiger partial charge in [-0.05, 0) is 15.9 Å². The number of carbonyl (C=O) groups is 1. The summed E-state index contributed by atoms with van der Waals surface area (Å²) in [7, 11) is 0. The molecule has 0 spiro atoms. The molecule has 0 aromatic carbocycles. The largest absolute Gasteiger partial charge is 0.478 e. The van der Waals surface area contributed by atoms with Crippen molar-refractivity contribution >= 4 is 21.9 Å². The van der Waals surface area contributed by atoms with Crippen LogP contribution < -0.4 is 0 Å². The van der Waals surface area contributed by atoms with Gasteiger partial charge >= 0.3 is 16.7 Å². The van der Waals surface area contributed by atoms with Gasteiger partial charge in [-0.2, -0.15) is 13.2 Å². The Bertz CT molecular complexity index is 151. The van der Waals surface area contributed by atoms with Crippen molar-refractivity contribution in [2.24, 2.45) is 0 Å². The molecule has 0 amide bonds. The summed E-state index contributed by atoms with van der Waals surface area (Å²) < 4.78 is 41.4. The van der Waals surface area contributed by atoms with Crippen LogP contribution in [0.5, 0.6) is 0 Å². The van der Waals surface area contributed by atoms with Crippen LogP contribution in [0.2, 0.25) is 0 Å². The van der Waals surface area contributed by atoms with Crippen molar-refractivity contribution in [1.29, 1.82) is 0 Å². The van der Waals surface area contributed by atoms with Gasteiger partial charge in [0.25, 0.3) is 0 Å². The number of alkyl halides is 5. The predicted molar refractivity (Wildman–Crippen MR) is 26.5 cm³/mol. The van der Waals surface area contributed by atoms with Crippen LogP contribution in [0.15, 0.2) is 0 Å². The Kier molecular flexibility index (Phi) is 2.29. The fourth-order valence-electron chi connectivity index (χ4n) is 0.121. The number of halogens is 5. The second kappa shape index (κ2) is 2.37. The lowest BCUT2D eigenvalue weighted by atomic mass is 10.4. The molecule has 0 aliphatic carbocycles. The van der Waals surface area contributed by atoms with Crippen molar-refractivity contribution in [3.05, 3.63) is 0 Å². The maximum absolute atomic E-state index is 11.9. The molecule has 0 aromatic rings. The highest BCUT2D eigenvalue weighted by Gasteiger charge is 2.60. The number of aliphatic carboxylic acids is 1. The zero-order chi connectivity index (χ0) is 8.58. The van der Waals surface area contributed by atoms with Crippen LogP contribution in [0.25, 0.3) is 0 Å². The molecule has 2 nitrogen and oxygen atoms in total. The molecular formula is C3HBrF4O2. The van der Waals surface area contributed by atoms with Crippen molar-refractivity contribution < 1.29 is 27.5 Å². The summed E-state index contributed by atoms with van der Waals surface area (Å²) in [6.45, 7) is 0. The van der Waals surface area contributed by atoms with Gasteiger partial charge in [0.2, 0.25) is 0 Å². The van der Waals surface area contributed by atoms with E-state index < -0.39 is 16.7 Å². The highest BCUT2D eigenvalue weighted by molar-refractivity contribution is 9.10. The molecule has 0 rings (SSSR count). The van der Waals surface area contributed by atoms with Gasteiger partial charge in [0.15, 0.2) is 0 Å². The summed E-state index contributed by atoms with van der Waals surface area (Å²) in [5.41, 5.74) is 0. The van der Waals surface area contributed by atoms with Crippen LogP contribution in [0, 0.1) is 0 Å². The van der Waals surface area contributed by atoms with E-state index >= 15 is 0 Å². The van der Waals surface area contributed by atoms with Crippen molar-refractivity contribution in [1.82, 2.24) is 0 Å². The fraction of sp³-hybridized carbons (Fsp3) is 0.667. The zero-order valence-corrected chi connectivity index (χ0v) is 5.83. The van der Waals surface area contributed by atoms with E-state index in [1.165, 1.54) is 15.9 Å². The summed E-state index contributed by atoms with van der Waals surface area (Å²) in [5, 5.41) is 7.64. The Morgan fingerprint density at radius 1 is 1.30 bits per heavy atom. The van der Waals surface area contributed by atoms with E-state index in [9.17, 15) is 22.4 Å². The van der Waals surface area contributed by atoms with Crippen LogP contribution in [0.4, 0.5) is 17.6 Å². The topological polar surface area (TPSA) is 37.3 Å². The molecule has 1 atom stereocenters. The summed E-state index contributed by atoms with van der Waals surface area (Å²) in [5.74, 6) is -2.61. The molecule has 0 heterocycles. The van der Waals surface area contributed by atoms with Crippen molar-refractivity contribution in [2.45, 2.75) is 10.8 Å². The van der Waals surface area contributed by atoms with E-state index in [2.05, 4.69) is 0 Å². The lowest BCUT2D eigenvalue weighted by molar-refractivity contribution is -0.205. The standard InChI is InChI=1S/C3HBrF4O2/c4-2(5,1(9)10)3(6,7)8/h(H,9,10)/t2-/m0/s1. The van der Waals surface area contributed by atoms with Crippen LogP contribution in [-0.2, 0) is 4.79 Å². The fourth-order valence-corrected chi connectivity index (χ4v) is 0.121. The minimum Gasteiger partial charge on any atom is -0.478 e. The Morgan fingerprint density at radius 2 is 1.60 bits per heavy atom. The first-order valence-electron chi connectivity index (χ1n) is 1.87. The smallest absolute Gasteiger partial charge is 0.444 e. The predicted octanol–water partition coefficient (Wildman–Crippen LogP) is 1.69. The molecule has 10 heavy (non-hydrogen) atoms. The molecule has 60 valence electrons. The Labute approximate surface area is 61.0 Å². The van der Waals surface area contributed by atoms with Gasteiger partial charge in [-0.3, -0.25) is 0 Å².